The fourth-order valence-electron chi connectivity index (χ4n) is 2.01. The number of nitrogens with two attached hydrogens (primary N) is 1. The molecule has 0 atom stereocenters. The van der Waals surface area contributed by atoms with Crippen LogP contribution in [0.1, 0.15) is 11.1 Å². The van der Waals surface area contributed by atoms with Crippen LogP contribution >= 0.6 is 22.9 Å². The number of nitrogens with zero attached hydrogens (tertiary/aromatic N) is 2. The molecule has 0 saturated carbocycles. The van der Waals surface area contributed by atoms with Crippen molar-refractivity contribution in [2.75, 3.05) is 5.73 Å². The highest BCUT2D eigenvalue weighted by Gasteiger charge is 2.10. The minimum Gasteiger partial charge on any atom is -0.369 e. The number of aromatic nitrogens is 2. The Kier molecular flexibility index (Phi) is 2.76. The molecule has 0 spiro atoms. The topological polar surface area (TPSA) is 43.8 Å². The normalized spacial score (nSPS) is 11.2. The second-order valence-corrected chi connectivity index (χ2v) is 5.45. The van der Waals surface area contributed by atoms with Crippen molar-refractivity contribution in [3.8, 4) is 0 Å². The SMILES string of the molecule is Cc1cscc1Cn1c(N)nc2cc(Cl)ccc21. The molecule has 92 valence electrons. The predicted octanol–water partition coefficient (Wildman–Crippen LogP) is 3.69. The average Bonchev–Trinajstić information content (AvgIpc) is 2.85. The van der Waals surface area contributed by atoms with Crippen LogP contribution in [0.5, 0.6) is 0 Å². The molecule has 1 aromatic carbocycles. The third kappa shape index (κ3) is 1.87. The second-order valence-electron chi connectivity index (χ2n) is 4.27. The Balaban J connectivity index is 2.11. The van der Waals surface area contributed by atoms with Crippen molar-refractivity contribution >= 4 is 39.9 Å². The van der Waals surface area contributed by atoms with E-state index in [1.165, 1.54) is 11.1 Å². The van der Waals surface area contributed by atoms with Crippen LogP contribution in [0.15, 0.2) is 29.0 Å². The molecule has 0 fully saturated rings. The summed E-state index contributed by atoms with van der Waals surface area (Å²) in [6.07, 6.45) is 0. The predicted molar refractivity (Wildman–Crippen MR) is 77.3 cm³/mol. The first-order valence-corrected chi connectivity index (χ1v) is 6.90. The van der Waals surface area contributed by atoms with Crippen molar-refractivity contribution in [2.24, 2.45) is 0 Å². The van der Waals surface area contributed by atoms with E-state index in [9.17, 15) is 0 Å². The lowest BCUT2D eigenvalue weighted by Gasteiger charge is -2.06. The Morgan fingerprint density at radius 3 is 2.94 bits per heavy atom. The summed E-state index contributed by atoms with van der Waals surface area (Å²) in [6, 6.07) is 5.66. The van der Waals surface area contributed by atoms with Crippen molar-refractivity contribution in [3.05, 3.63) is 45.1 Å². The van der Waals surface area contributed by atoms with Crippen LogP contribution in [0.25, 0.3) is 11.0 Å². The number of aryl methyl sites for hydroxylation is 1. The van der Waals surface area contributed by atoms with Gasteiger partial charge in [0.05, 0.1) is 17.6 Å². The van der Waals surface area contributed by atoms with E-state index in [1.807, 2.05) is 22.8 Å². The Morgan fingerprint density at radius 1 is 1.39 bits per heavy atom. The quantitative estimate of drug-likeness (QED) is 0.776. The maximum atomic E-state index is 5.98. The number of halogens is 1. The molecule has 0 unspecified atom stereocenters. The van der Waals surface area contributed by atoms with Crippen LogP contribution in [0.4, 0.5) is 5.95 Å². The Morgan fingerprint density at radius 2 is 2.22 bits per heavy atom. The number of fused-ring (bicyclic) bond motifs is 1. The molecule has 3 nitrogen and oxygen atoms in total. The Hall–Kier alpha value is -1.52. The second kappa shape index (κ2) is 4.30. The van der Waals surface area contributed by atoms with Gasteiger partial charge in [-0.2, -0.15) is 11.3 Å². The van der Waals surface area contributed by atoms with Gasteiger partial charge in [0.25, 0.3) is 0 Å². The summed E-state index contributed by atoms with van der Waals surface area (Å²) < 4.78 is 2.01. The number of imidazole rings is 1. The molecule has 0 amide bonds. The van der Waals surface area contributed by atoms with Crippen LogP contribution in [0.3, 0.4) is 0 Å². The van der Waals surface area contributed by atoms with Gasteiger partial charge in [0, 0.05) is 5.02 Å². The van der Waals surface area contributed by atoms with Gasteiger partial charge in [0.2, 0.25) is 5.95 Å². The maximum absolute atomic E-state index is 5.98. The van der Waals surface area contributed by atoms with Gasteiger partial charge >= 0.3 is 0 Å². The first kappa shape index (κ1) is 11.6. The maximum Gasteiger partial charge on any atom is 0.201 e. The van der Waals surface area contributed by atoms with Crippen molar-refractivity contribution in [1.29, 1.82) is 0 Å². The van der Waals surface area contributed by atoms with Crippen LogP contribution in [-0.2, 0) is 6.54 Å². The Labute approximate surface area is 114 Å². The zero-order valence-corrected chi connectivity index (χ0v) is 11.4. The van der Waals surface area contributed by atoms with Gasteiger partial charge in [-0.15, -0.1) is 0 Å². The van der Waals surface area contributed by atoms with Crippen LogP contribution in [0.2, 0.25) is 5.02 Å². The lowest BCUT2D eigenvalue weighted by molar-refractivity contribution is 0.836. The van der Waals surface area contributed by atoms with Gasteiger partial charge in [0.1, 0.15) is 0 Å². The number of nitrogen functional groups attached to an aromatic ring is 1. The zero-order valence-electron chi connectivity index (χ0n) is 9.85. The van der Waals surface area contributed by atoms with Gasteiger partial charge in [0.15, 0.2) is 0 Å². The number of hydrogen-bond acceptors (Lipinski definition) is 3. The fourth-order valence-corrected chi connectivity index (χ4v) is 3.02. The van der Waals surface area contributed by atoms with E-state index in [1.54, 1.807) is 11.3 Å². The molecule has 2 N–H and O–H groups in total. The summed E-state index contributed by atoms with van der Waals surface area (Å²) in [5.74, 6) is 0.526. The van der Waals surface area contributed by atoms with E-state index in [-0.39, 0.29) is 0 Å². The highest BCUT2D eigenvalue weighted by Crippen LogP contribution is 2.24. The van der Waals surface area contributed by atoms with Crippen molar-refractivity contribution in [2.45, 2.75) is 13.5 Å². The highest BCUT2D eigenvalue weighted by molar-refractivity contribution is 7.08. The number of benzene rings is 1. The van der Waals surface area contributed by atoms with E-state index >= 15 is 0 Å². The average molecular weight is 278 g/mol. The van der Waals surface area contributed by atoms with Crippen LogP contribution < -0.4 is 5.73 Å². The van der Waals surface area contributed by atoms with Gasteiger partial charge in [-0.05, 0) is 47.0 Å². The molecule has 0 saturated heterocycles. The monoisotopic (exact) mass is 277 g/mol. The molecule has 0 radical (unpaired) electrons. The van der Waals surface area contributed by atoms with Crippen molar-refractivity contribution in [1.82, 2.24) is 9.55 Å². The van der Waals surface area contributed by atoms with Gasteiger partial charge in [-0.3, -0.25) is 0 Å². The summed E-state index contributed by atoms with van der Waals surface area (Å²) in [6.45, 7) is 2.86. The summed E-state index contributed by atoms with van der Waals surface area (Å²) in [5.41, 5.74) is 10.4. The molecule has 2 heterocycles. The zero-order chi connectivity index (χ0) is 12.7. The van der Waals surface area contributed by atoms with E-state index in [4.69, 9.17) is 17.3 Å². The number of hydrogen-bond donors (Lipinski definition) is 1. The molecule has 18 heavy (non-hydrogen) atoms. The largest absolute Gasteiger partial charge is 0.369 e. The van der Waals surface area contributed by atoms with E-state index in [0.29, 0.717) is 11.0 Å². The van der Waals surface area contributed by atoms with Crippen molar-refractivity contribution in [3.63, 3.8) is 0 Å². The minimum atomic E-state index is 0.526. The molecule has 0 aliphatic carbocycles. The lowest BCUT2D eigenvalue weighted by Crippen LogP contribution is -2.04. The molecule has 2 aromatic heterocycles. The smallest absolute Gasteiger partial charge is 0.201 e. The van der Waals surface area contributed by atoms with Crippen LogP contribution in [0, 0.1) is 6.92 Å². The van der Waals surface area contributed by atoms with Gasteiger partial charge in [-0.25, -0.2) is 4.98 Å². The molecule has 3 aromatic rings. The van der Waals surface area contributed by atoms with E-state index in [0.717, 1.165) is 17.6 Å². The van der Waals surface area contributed by atoms with Crippen molar-refractivity contribution < 1.29 is 0 Å². The number of thiophene rings is 1. The first-order valence-electron chi connectivity index (χ1n) is 5.58. The molecule has 3 rings (SSSR count). The standard InChI is InChI=1S/C13H12ClN3S/c1-8-6-18-7-9(8)5-17-12-3-2-10(14)4-11(12)16-13(17)15/h2-4,6-7H,5H2,1H3,(H2,15,16). The third-order valence-corrected chi connectivity index (χ3v) is 4.18. The number of rotatable bonds is 2. The van der Waals surface area contributed by atoms with E-state index in [2.05, 4.69) is 22.7 Å². The minimum absolute atomic E-state index is 0.526. The molecule has 0 aliphatic rings. The summed E-state index contributed by atoms with van der Waals surface area (Å²) >= 11 is 7.67. The molecule has 0 aliphatic heterocycles. The van der Waals surface area contributed by atoms with Gasteiger partial charge < -0.3 is 10.3 Å². The van der Waals surface area contributed by atoms with Gasteiger partial charge in [-0.1, -0.05) is 11.6 Å². The fraction of sp³-hybridized carbons (Fsp3) is 0.154. The summed E-state index contributed by atoms with van der Waals surface area (Å²) in [7, 11) is 0. The lowest BCUT2D eigenvalue weighted by atomic mass is 10.2. The molecular weight excluding hydrogens is 266 g/mol. The number of anilines is 1. The molecule has 0 bridgehead atoms. The van der Waals surface area contributed by atoms with E-state index < -0.39 is 0 Å². The third-order valence-electron chi connectivity index (χ3n) is 3.03. The first-order chi connectivity index (χ1) is 8.65. The Bertz CT molecular complexity index is 714. The summed E-state index contributed by atoms with van der Waals surface area (Å²) in [4.78, 5) is 4.34. The molecule has 5 heteroatoms. The molecular formula is C13H12ClN3S. The highest BCUT2D eigenvalue weighted by atomic mass is 35.5. The summed E-state index contributed by atoms with van der Waals surface area (Å²) in [5, 5.41) is 4.97. The van der Waals surface area contributed by atoms with Crippen LogP contribution in [-0.4, -0.2) is 9.55 Å².